The van der Waals surface area contributed by atoms with E-state index in [1.165, 1.54) is 12.1 Å². The van der Waals surface area contributed by atoms with Crippen LogP contribution in [-0.2, 0) is 0 Å². The fourth-order valence-corrected chi connectivity index (χ4v) is 1.88. The van der Waals surface area contributed by atoms with Crippen LogP contribution in [0.25, 0.3) is 0 Å². The maximum absolute atomic E-state index is 13.6. The third kappa shape index (κ3) is 3.58. The number of carbonyl (C=O) groups is 1. The van der Waals surface area contributed by atoms with E-state index in [1.807, 2.05) is 0 Å². The molecule has 6 heteroatoms. The number of benzene rings is 2. The molecule has 0 saturated carbocycles. The molecule has 2 aromatic carbocycles. The van der Waals surface area contributed by atoms with Crippen LogP contribution in [-0.4, -0.2) is 16.8 Å². The van der Waals surface area contributed by atoms with Crippen LogP contribution in [0.1, 0.15) is 22.8 Å². The molecule has 2 rings (SSSR count). The predicted molar refractivity (Wildman–Crippen MR) is 79.8 cm³/mol. The standard InChI is InChI=1S/C15H12ClFN2O2/c1-9(19-21)10-2-5-12(6-3-10)18-15(20)13-7-4-11(16)8-14(13)17/h2-8,21H,1H3,(H,18,20)/b19-9+. The summed E-state index contributed by atoms with van der Waals surface area (Å²) >= 11 is 5.64. The van der Waals surface area contributed by atoms with E-state index in [9.17, 15) is 9.18 Å². The molecule has 2 N–H and O–H groups in total. The van der Waals surface area contributed by atoms with Crippen molar-refractivity contribution in [3.8, 4) is 0 Å². The summed E-state index contributed by atoms with van der Waals surface area (Å²) in [6.45, 7) is 1.65. The van der Waals surface area contributed by atoms with Gasteiger partial charge in [0.05, 0.1) is 11.3 Å². The van der Waals surface area contributed by atoms with E-state index in [2.05, 4.69) is 10.5 Å². The largest absolute Gasteiger partial charge is 0.411 e. The summed E-state index contributed by atoms with van der Waals surface area (Å²) in [7, 11) is 0. The number of oxime groups is 1. The quantitative estimate of drug-likeness (QED) is 0.513. The molecule has 0 bridgehead atoms. The highest BCUT2D eigenvalue weighted by Gasteiger charge is 2.12. The number of halogens is 2. The van der Waals surface area contributed by atoms with Crippen molar-refractivity contribution in [3.63, 3.8) is 0 Å². The first-order valence-electron chi connectivity index (χ1n) is 6.07. The van der Waals surface area contributed by atoms with Gasteiger partial charge in [-0.05, 0) is 42.8 Å². The van der Waals surface area contributed by atoms with Crippen molar-refractivity contribution >= 4 is 28.9 Å². The maximum atomic E-state index is 13.6. The molecule has 0 aromatic heterocycles. The fourth-order valence-electron chi connectivity index (χ4n) is 1.72. The normalized spacial score (nSPS) is 11.3. The summed E-state index contributed by atoms with van der Waals surface area (Å²) in [6.07, 6.45) is 0. The smallest absolute Gasteiger partial charge is 0.258 e. The molecule has 0 atom stereocenters. The maximum Gasteiger partial charge on any atom is 0.258 e. The van der Waals surface area contributed by atoms with Gasteiger partial charge in [-0.15, -0.1) is 0 Å². The van der Waals surface area contributed by atoms with E-state index >= 15 is 0 Å². The molecule has 0 fully saturated rings. The lowest BCUT2D eigenvalue weighted by Gasteiger charge is -2.07. The van der Waals surface area contributed by atoms with Crippen LogP contribution in [0.2, 0.25) is 5.02 Å². The van der Waals surface area contributed by atoms with Gasteiger partial charge in [0.25, 0.3) is 5.91 Å². The van der Waals surface area contributed by atoms with Gasteiger partial charge in [-0.2, -0.15) is 0 Å². The van der Waals surface area contributed by atoms with Crippen molar-refractivity contribution in [2.75, 3.05) is 5.32 Å². The summed E-state index contributed by atoms with van der Waals surface area (Å²) in [5.74, 6) is -1.25. The summed E-state index contributed by atoms with van der Waals surface area (Å²) in [5, 5.41) is 14.6. The Bertz CT molecular complexity index is 699. The zero-order valence-corrected chi connectivity index (χ0v) is 11.9. The SMILES string of the molecule is C/C(=N\O)c1ccc(NC(=O)c2ccc(Cl)cc2F)cc1. The Morgan fingerprint density at radius 1 is 1.24 bits per heavy atom. The number of nitrogens with zero attached hydrogens (tertiary/aromatic N) is 1. The minimum absolute atomic E-state index is 0.0865. The first kappa shape index (κ1) is 15.0. The second kappa shape index (κ2) is 6.37. The Kier molecular flexibility index (Phi) is 4.55. The summed E-state index contributed by atoms with van der Waals surface area (Å²) in [4.78, 5) is 12.0. The Labute approximate surface area is 125 Å². The summed E-state index contributed by atoms with van der Waals surface area (Å²) < 4.78 is 13.6. The van der Waals surface area contributed by atoms with Crippen LogP contribution in [0.5, 0.6) is 0 Å². The third-order valence-electron chi connectivity index (χ3n) is 2.89. The van der Waals surface area contributed by atoms with Crippen LogP contribution < -0.4 is 5.32 Å². The van der Waals surface area contributed by atoms with E-state index in [0.717, 1.165) is 6.07 Å². The van der Waals surface area contributed by atoms with Gasteiger partial charge in [0.1, 0.15) is 5.82 Å². The average molecular weight is 307 g/mol. The minimum Gasteiger partial charge on any atom is -0.411 e. The van der Waals surface area contributed by atoms with Gasteiger partial charge >= 0.3 is 0 Å². The topological polar surface area (TPSA) is 61.7 Å². The highest BCUT2D eigenvalue weighted by molar-refractivity contribution is 6.30. The van der Waals surface area contributed by atoms with E-state index in [0.29, 0.717) is 17.0 Å². The van der Waals surface area contributed by atoms with Crippen molar-refractivity contribution < 1.29 is 14.4 Å². The van der Waals surface area contributed by atoms with E-state index in [1.54, 1.807) is 31.2 Å². The van der Waals surface area contributed by atoms with E-state index in [-0.39, 0.29) is 10.6 Å². The lowest BCUT2D eigenvalue weighted by atomic mass is 10.1. The lowest BCUT2D eigenvalue weighted by Crippen LogP contribution is -2.13. The van der Waals surface area contributed by atoms with Crippen LogP contribution >= 0.6 is 11.6 Å². The molecular formula is C15H12ClFN2O2. The number of hydrogen-bond acceptors (Lipinski definition) is 3. The molecule has 108 valence electrons. The number of amides is 1. The molecule has 0 radical (unpaired) electrons. The van der Waals surface area contributed by atoms with Gasteiger partial charge in [0.2, 0.25) is 0 Å². The molecule has 0 aliphatic rings. The number of carbonyl (C=O) groups excluding carboxylic acids is 1. The van der Waals surface area contributed by atoms with Crippen LogP contribution in [0.3, 0.4) is 0 Å². The number of hydrogen-bond donors (Lipinski definition) is 2. The van der Waals surface area contributed by atoms with Gasteiger partial charge in [-0.1, -0.05) is 28.9 Å². The van der Waals surface area contributed by atoms with E-state index < -0.39 is 11.7 Å². The van der Waals surface area contributed by atoms with Crippen molar-refractivity contribution in [3.05, 3.63) is 64.4 Å². The average Bonchev–Trinajstić information content (AvgIpc) is 2.47. The second-order valence-corrected chi connectivity index (χ2v) is 4.78. The Balaban J connectivity index is 2.16. The highest BCUT2D eigenvalue weighted by Crippen LogP contribution is 2.17. The number of rotatable bonds is 3. The molecular weight excluding hydrogens is 295 g/mol. The molecule has 4 nitrogen and oxygen atoms in total. The van der Waals surface area contributed by atoms with Crippen molar-refractivity contribution in [1.29, 1.82) is 0 Å². The molecule has 0 unspecified atom stereocenters. The third-order valence-corrected chi connectivity index (χ3v) is 3.12. The van der Waals surface area contributed by atoms with Crippen molar-refractivity contribution in [2.24, 2.45) is 5.16 Å². The summed E-state index contributed by atoms with van der Waals surface area (Å²) in [6, 6.07) is 10.5. The highest BCUT2D eigenvalue weighted by atomic mass is 35.5. The Hall–Kier alpha value is -2.40. The monoisotopic (exact) mass is 306 g/mol. The predicted octanol–water partition coefficient (Wildman–Crippen LogP) is 3.93. The van der Waals surface area contributed by atoms with Gasteiger partial charge in [0, 0.05) is 10.7 Å². The number of anilines is 1. The summed E-state index contributed by atoms with van der Waals surface area (Å²) in [5.41, 5.74) is 1.59. The van der Waals surface area contributed by atoms with Crippen LogP contribution in [0.15, 0.2) is 47.6 Å². The molecule has 0 aliphatic carbocycles. The van der Waals surface area contributed by atoms with Crippen molar-refractivity contribution in [1.82, 2.24) is 0 Å². The zero-order valence-electron chi connectivity index (χ0n) is 11.1. The van der Waals surface area contributed by atoms with Gasteiger partial charge < -0.3 is 10.5 Å². The van der Waals surface area contributed by atoms with Gasteiger partial charge in [-0.3, -0.25) is 4.79 Å². The van der Waals surface area contributed by atoms with Gasteiger partial charge in [-0.25, -0.2) is 4.39 Å². The first-order chi connectivity index (χ1) is 10.0. The Morgan fingerprint density at radius 2 is 1.90 bits per heavy atom. The molecule has 0 heterocycles. The van der Waals surface area contributed by atoms with Crippen LogP contribution in [0, 0.1) is 5.82 Å². The first-order valence-corrected chi connectivity index (χ1v) is 6.44. The molecule has 0 spiro atoms. The Morgan fingerprint density at radius 3 is 2.48 bits per heavy atom. The van der Waals surface area contributed by atoms with Gasteiger partial charge in [0.15, 0.2) is 0 Å². The minimum atomic E-state index is -0.681. The molecule has 0 saturated heterocycles. The zero-order chi connectivity index (χ0) is 15.4. The second-order valence-electron chi connectivity index (χ2n) is 4.34. The molecule has 1 amide bonds. The molecule has 2 aromatic rings. The van der Waals surface area contributed by atoms with E-state index in [4.69, 9.17) is 16.8 Å². The fraction of sp³-hybridized carbons (Fsp3) is 0.0667. The molecule has 21 heavy (non-hydrogen) atoms. The van der Waals surface area contributed by atoms with Crippen LogP contribution in [0.4, 0.5) is 10.1 Å². The van der Waals surface area contributed by atoms with Crippen molar-refractivity contribution in [2.45, 2.75) is 6.92 Å². The molecule has 0 aliphatic heterocycles. The number of nitrogens with one attached hydrogen (secondary N) is 1. The lowest BCUT2D eigenvalue weighted by molar-refractivity contribution is 0.102.